The van der Waals surface area contributed by atoms with Crippen LogP contribution in [0, 0.1) is 0 Å². The first-order valence-corrected chi connectivity index (χ1v) is 9.14. The number of aliphatic carboxylic acids is 1. The van der Waals surface area contributed by atoms with Gasteiger partial charge in [-0.15, -0.1) is 0 Å². The van der Waals surface area contributed by atoms with Gasteiger partial charge in [0.15, 0.2) is 0 Å². The lowest BCUT2D eigenvalue weighted by atomic mass is 9.76. The van der Waals surface area contributed by atoms with Crippen molar-refractivity contribution >= 4 is 25.1 Å². The second-order valence-electron chi connectivity index (χ2n) is 7.86. The monoisotopic (exact) mass is 389 g/mol. The maximum absolute atomic E-state index is 11.5. The van der Waals surface area contributed by atoms with E-state index >= 15 is 0 Å². The van der Waals surface area contributed by atoms with E-state index in [2.05, 4.69) is 5.32 Å². The fourth-order valence-corrected chi connectivity index (χ4v) is 2.80. The van der Waals surface area contributed by atoms with Crippen LogP contribution in [0.15, 0.2) is 23.7 Å². The smallest absolute Gasteiger partial charge is 0.492 e. The summed E-state index contributed by atoms with van der Waals surface area (Å²) in [6, 6.07) is 5.20. The van der Waals surface area contributed by atoms with Crippen LogP contribution < -0.4 is 10.1 Å². The first-order valence-electron chi connectivity index (χ1n) is 9.14. The highest BCUT2D eigenvalue weighted by Crippen LogP contribution is 2.39. The third kappa shape index (κ3) is 5.14. The predicted octanol–water partition coefficient (Wildman–Crippen LogP) is 2.47. The zero-order valence-corrected chi connectivity index (χ0v) is 17.3. The lowest BCUT2D eigenvalue weighted by molar-refractivity contribution is -0.136. The molecule has 0 bridgehead atoms. The molecular weight excluding hydrogens is 361 g/mol. The van der Waals surface area contributed by atoms with Crippen LogP contribution in [0.4, 0.5) is 0 Å². The molecule has 1 heterocycles. The Morgan fingerprint density at radius 3 is 2.32 bits per heavy atom. The number of carbonyl (C=O) groups is 2. The number of nitrogens with one attached hydrogen (secondary N) is 1. The average molecular weight is 389 g/mol. The number of ether oxygens (including phenoxy) is 1. The van der Waals surface area contributed by atoms with Gasteiger partial charge in [-0.2, -0.15) is 0 Å². The Morgan fingerprint density at radius 2 is 1.82 bits per heavy atom. The molecule has 1 aromatic carbocycles. The molecule has 0 radical (unpaired) electrons. The van der Waals surface area contributed by atoms with E-state index in [0.717, 1.165) is 0 Å². The van der Waals surface area contributed by atoms with E-state index in [0.29, 0.717) is 22.3 Å². The van der Waals surface area contributed by atoms with Crippen molar-refractivity contribution in [1.82, 2.24) is 5.32 Å². The second kappa shape index (κ2) is 8.37. The average Bonchev–Trinajstić information content (AvgIpc) is 2.78. The molecule has 0 aromatic heterocycles. The lowest BCUT2D eigenvalue weighted by Crippen LogP contribution is -2.41. The summed E-state index contributed by atoms with van der Waals surface area (Å²) in [6.45, 7) is 9.50. The summed E-state index contributed by atoms with van der Waals surface area (Å²) in [6.07, 6.45) is 1.73. The van der Waals surface area contributed by atoms with Crippen LogP contribution in [0.3, 0.4) is 0 Å². The van der Waals surface area contributed by atoms with Crippen molar-refractivity contribution in [3.05, 3.63) is 34.8 Å². The Hall–Kier alpha value is -2.32. The number of carbonyl (C=O) groups excluding carboxylic acids is 1. The summed E-state index contributed by atoms with van der Waals surface area (Å²) in [7, 11) is 0.899. The van der Waals surface area contributed by atoms with E-state index in [9.17, 15) is 9.59 Å². The van der Waals surface area contributed by atoms with E-state index in [-0.39, 0.29) is 18.9 Å². The van der Waals surface area contributed by atoms with E-state index in [1.54, 1.807) is 25.3 Å². The minimum absolute atomic E-state index is 0.0949. The fraction of sp³-hybridized carbons (Fsp3) is 0.500. The molecule has 1 fully saturated rings. The fourth-order valence-electron chi connectivity index (χ4n) is 2.80. The first-order chi connectivity index (χ1) is 12.9. The molecule has 7 nitrogen and oxygen atoms in total. The molecule has 0 atom stereocenters. The Bertz CT molecular complexity index is 771. The molecule has 1 saturated heterocycles. The van der Waals surface area contributed by atoms with Crippen molar-refractivity contribution in [2.75, 3.05) is 13.7 Å². The highest BCUT2D eigenvalue weighted by molar-refractivity contribution is 6.56. The molecule has 8 heteroatoms. The Balaban J connectivity index is 2.44. The highest BCUT2D eigenvalue weighted by atomic mass is 16.7. The number of benzene rings is 1. The van der Waals surface area contributed by atoms with E-state index < -0.39 is 24.3 Å². The Morgan fingerprint density at radius 1 is 1.21 bits per heavy atom. The number of rotatable bonds is 7. The van der Waals surface area contributed by atoms with Gasteiger partial charge >= 0.3 is 13.1 Å². The van der Waals surface area contributed by atoms with Gasteiger partial charge in [0.05, 0.1) is 24.7 Å². The van der Waals surface area contributed by atoms with Crippen LogP contribution >= 0.6 is 0 Å². The quantitative estimate of drug-likeness (QED) is 0.696. The van der Waals surface area contributed by atoms with Crippen molar-refractivity contribution < 1.29 is 28.7 Å². The maximum Gasteiger partial charge on any atom is 0.492 e. The van der Waals surface area contributed by atoms with Crippen LogP contribution in [-0.2, 0) is 25.3 Å². The third-order valence-corrected chi connectivity index (χ3v) is 5.09. The summed E-state index contributed by atoms with van der Waals surface area (Å²) in [5.41, 5.74) is 0.994. The van der Waals surface area contributed by atoms with E-state index in [4.69, 9.17) is 19.2 Å². The molecule has 1 amide bonds. The van der Waals surface area contributed by atoms with Crippen molar-refractivity contribution in [2.45, 2.75) is 52.2 Å². The minimum atomic E-state index is -0.912. The molecule has 2 rings (SSSR count). The van der Waals surface area contributed by atoms with Crippen molar-refractivity contribution in [2.24, 2.45) is 0 Å². The summed E-state index contributed by atoms with van der Waals surface area (Å²) in [4.78, 5) is 22.5. The number of carboxylic acids is 1. The lowest BCUT2D eigenvalue weighted by Gasteiger charge is -2.32. The van der Waals surface area contributed by atoms with Crippen LogP contribution in [0.5, 0.6) is 5.75 Å². The number of hydrogen-bond acceptors (Lipinski definition) is 5. The van der Waals surface area contributed by atoms with Gasteiger partial charge in [-0.3, -0.25) is 9.59 Å². The van der Waals surface area contributed by atoms with Gasteiger partial charge in [-0.25, -0.2) is 0 Å². The van der Waals surface area contributed by atoms with Gasteiger partial charge in [0.2, 0.25) is 5.91 Å². The maximum atomic E-state index is 11.5. The van der Waals surface area contributed by atoms with Gasteiger partial charge < -0.3 is 24.5 Å². The zero-order valence-electron chi connectivity index (χ0n) is 17.3. The van der Waals surface area contributed by atoms with Gasteiger partial charge in [-0.05, 0) is 50.9 Å². The normalized spacial score (nSPS) is 18.1. The third-order valence-electron chi connectivity index (χ3n) is 5.09. The SMILES string of the molecule is COc1ccc(CC(=O)O)cc1C=C(CNC(C)=O)B1OC(C)(C)C(C)(C)O1. The molecule has 1 aromatic rings. The van der Waals surface area contributed by atoms with Gasteiger partial charge in [-0.1, -0.05) is 12.1 Å². The van der Waals surface area contributed by atoms with Gasteiger partial charge in [0, 0.05) is 19.0 Å². The predicted molar refractivity (Wildman–Crippen MR) is 107 cm³/mol. The summed E-state index contributed by atoms with van der Waals surface area (Å²) >= 11 is 0. The molecule has 0 unspecified atom stereocenters. The molecular formula is C20H28BNO6. The van der Waals surface area contributed by atoms with E-state index in [1.807, 2.05) is 33.8 Å². The van der Waals surface area contributed by atoms with Gasteiger partial charge in [0.1, 0.15) is 5.75 Å². The van der Waals surface area contributed by atoms with Crippen molar-refractivity contribution in [1.29, 1.82) is 0 Å². The highest BCUT2D eigenvalue weighted by Gasteiger charge is 2.52. The Labute approximate surface area is 166 Å². The summed E-state index contributed by atoms with van der Waals surface area (Å²) < 4.78 is 17.7. The molecule has 1 aliphatic rings. The molecule has 152 valence electrons. The second-order valence-corrected chi connectivity index (χ2v) is 7.86. The van der Waals surface area contributed by atoms with Crippen LogP contribution in [0.2, 0.25) is 0 Å². The summed E-state index contributed by atoms with van der Waals surface area (Å²) in [5.74, 6) is -0.496. The van der Waals surface area contributed by atoms with E-state index in [1.165, 1.54) is 6.92 Å². The Kier molecular flexibility index (Phi) is 6.57. The number of amides is 1. The standard InChI is InChI=1S/C20H28BNO6/c1-13(23)22-12-16(21-27-19(2,3)20(4,5)28-21)11-15-9-14(10-18(24)25)7-8-17(15)26-6/h7-9,11H,10,12H2,1-6H3,(H,22,23)(H,24,25). The van der Waals surface area contributed by atoms with Crippen LogP contribution in [0.1, 0.15) is 45.7 Å². The topological polar surface area (TPSA) is 94.1 Å². The van der Waals surface area contributed by atoms with Crippen LogP contribution in [0.25, 0.3) is 6.08 Å². The molecule has 28 heavy (non-hydrogen) atoms. The molecule has 0 aliphatic carbocycles. The molecule has 2 N–H and O–H groups in total. The molecule has 0 saturated carbocycles. The number of carboxylic acid groups (broad SMARTS) is 1. The minimum Gasteiger partial charge on any atom is -0.496 e. The first kappa shape index (κ1) is 22.0. The summed E-state index contributed by atoms with van der Waals surface area (Å²) in [5, 5.41) is 11.8. The van der Waals surface area contributed by atoms with Crippen molar-refractivity contribution in [3.63, 3.8) is 0 Å². The van der Waals surface area contributed by atoms with Gasteiger partial charge in [0.25, 0.3) is 0 Å². The number of hydrogen-bond donors (Lipinski definition) is 2. The van der Waals surface area contributed by atoms with Crippen molar-refractivity contribution in [3.8, 4) is 5.75 Å². The number of methoxy groups -OCH3 is 1. The zero-order chi connectivity index (χ0) is 21.1. The largest absolute Gasteiger partial charge is 0.496 e. The molecule has 1 aliphatic heterocycles. The van der Waals surface area contributed by atoms with Crippen LogP contribution in [-0.4, -0.2) is 49.0 Å². The molecule has 0 spiro atoms.